The number of halogens is 1. The highest BCUT2D eigenvalue weighted by molar-refractivity contribution is 7.89. The first-order valence-corrected chi connectivity index (χ1v) is 12.7. The van der Waals surface area contributed by atoms with Gasteiger partial charge >= 0.3 is 0 Å². The first kappa shape index (κ1) is 21.9. The minimum Gasteiger partial charge on any atom is -0.454 e. The quantitative estimate of drug-likeness (QED) is 0.503. The van der Waals surface area contributed by atoms with Gasteiger partial charge in [-0.1, -0.05) is 41.4 Å². The second kappa shape index (κ2) is 8.82. The number of benzene rings is 3. The fourth-order valence-corrected chi connectivity index (χ4v) is 5.97. The topological polar surface area (TPSA) is 62.2 Å². The molecule has 2 heterocycles. The molecular formula is C25H24ClN3O3S. The van der Waals surface area contributed by atoms with Crippen LogP contribution in [0.25, 0.3) is 0 Å². The number of aryl methyl sites for hydroxylation is 1. The van der Waals surface area contributed by atoms with Crippen molar-refractivity contribution >= 4 is 33.1 Å². The SMILES string of the molecule is Cc1ccc2c(c1)C(N1CCCN(S(=O)(=O)c3cccc(Cl)c3)CC1)=Nc1ccccc1O2. The molecule has 0 unspecified atom stereocenters. The summed E-state index contributed by atoms with van der Waals surface area (Å²) >= 11 is 6.05. The number of para-hydroxylation sites is 2. The van der Waals surface area contributed by atoms with Crippen molar-refractivity contribution < 1.29 is 13.2 Å². The summed E-state index contributed by atoms with van der Waals surface area (Å²) in [5.41, 5.74) is 2.78. The Balaban J connectivity index is 1.48. The highest BCUT2D eigenvalue weighted by Gasteiger charge is 2.30. The normalized spacial score (nSPS) is 16.7. The number of rotatable bonds is 2. The van der Waals surface area contributed by atoms with Gasteiger partial charge in [0, 0.05) is 31.2 Å². The molecule has 8 heteroatoms. The predicted molar refractivity (Wildman–Crippen MR) is 130 cm³/mol. The Kier molecular flexibility index (Phi) is 5.86. The van der Waals surface area contributed by atoms with Gasteiger partial charge in [-0.05, 0) is 55.8 Å². The minimum atomic E-state index is -3.63. The van der Waals surface area contributed by atoms with Crippen LogP contribution in [0.15, 0.2) is 76.6 Å². The van der Waals surface area contributed by atoms with Crippen molar-refractivity contribution in [3.63, 3.8) is 0 Å². The van der Waals surface area contributed by atoms with Gasteiger partial charge in [-0.25, -0.2) is 13.4 Å². The van der Waals surface area contributed by atoms with Gasteiger partial charge in [0.15, 0.2) is 5.75 Å². The van der Waals surface area contributed by atoms with Gasteiger partial charge in [0.05, 0.1) is 10.5 Å². The van der Waals surface area contributed by atoms with E-state index in [2.05, 4.69) is 11.0 Å². The van der Waals surface area contributed by atoms with E-state index in [1.54, 1.807) is 18.2 Å². The van der Waals surface area contributed by atoms with Crippen LogP contribution in [0.1, 0.15) is 17.5 Å². The van der Waals surface area contributed by atoms with Crippen LogP contribution in [-0.4, -0.2) is 49.6 Å². The Morgan fingerprint density at radius 1 is 0.909 bits per heavy atom. The molecule has 0 amide bonds. The summed E-state index contributed by atoms with van der Waals surface area (Å²) in [6.07, 6.45) is 0.683. The lowest BCUT2D eigenvalue weighted by atomic mass is 10.1. The molecule has 1 saturated heterocycles. The Bertz CT molecular complexity index is 1340. The summed E-state index contributed by atoms with van der Waals surface area (Å²) in [5.74, 6) is 2.26. The van der Waals surface area contributed by atoms with E-state index in [9.17, 15) is 8.42 Å². The molecule has 1 fully saturated rings. The summed E-state index contributed by atoms with van der Waals surface area (Å²) in [5, 5.41) is 0.408. The van der Waals surface area contributed by atoms with Crippen molar-refractivity contribution in [1.82, 2.24) is 9.21 Å². The molecule has 0 atom stereocenters. The van der Waals surface area contributed by atoms with Crippen LogP contribution in [0.3, 0.4) is 0 Å². The third-order valence-corrected chi connectivity index (χ3v) is 8.01. The van der Waals surface area contributed by atoms with E-state index in [1.165, 1.54) is 10.4 Å². The first-order valence-electron chi connectivity index (χ1n) is 10.9. The zero-order valence-electron chi connectivity index (χ0n) is 18.2. The number of aliphatic imine (C=N–C) groups is 1. The molecule has 0 aliphatic carbocycles. The van der Waals surface area contributed by atoms with E-state index in [4.69, 9.17) is 21.3 Å². The van der Waals surface area contributed by atoms with Gasteiger partial charge in [-0.15, -0.1) is 0 Å². The predicted octanol–water partition coefficient (Wildman–Crippen LogP) is 5.23. The van der Waals surface area contributed by atoms with Crippen molar-refractivity contribution in [2.24, 2.45) is 4.99 Å². The van der Waals surface area contributed by atoms with Crippen LogP contribution in [0, 0.1) is 6.92 Å². The van der Waals surface area contributed by atoms with Crippen LogP contribution in [0.2, 0.25) is 5.02 Å². The van der Waals surface area contributed by atoms with Crippen molar-refractivity contribution in [3.8, 4) is 11.5 Å². The van der Waals surface area contributed by atoms with E-state index in [0.29, 0.717) is 43.4 Å². The monoisotopic (exact) mass is 481 g/mol. The zero-order chi connectivity index (χ0) is 23.0. The molecule has 0 bridgehead atoms. The fraction of sp³-hybridized carbons (Fsp3) is 0.240. The molecule has 2 aliphatic heterocycles. The van der Waals surface area contributed by atoms with Crippen LogP contribution in [0.5, 0.6) is 11.5 Å². The summed E-state index contributed by atoms with van der Waals surface area (Å²) in [6, 6.07) is 20.2. The Morgan fingerprint density at radius 3 is 2.61 bits per heavy atom. The standard InChI is InChI=1S/C25H24ClN3O3S/c1-18-10-11-23-21(16-18)25(27-22-8-2-3-9-24(22)32-23)28-12-5-13-29(15-14-28)33(30,31)20-7-4-6-19(26)17-20/h2-4,6-11,16-17H,5,12-15H2,1H3. The second-order valence-corrected chi connectivity index (χ2v) is 10.6. The van der Waals surface area contributed by atoms with E-state index < -0.39 is 10.0 Å². The maximum absolute atomic E-state index is 13.2. The van der Waals surface area contributed by atoms with Crippen molar-refractivity contribution in [3.05, 3.63) is 82.9 Å². The van der Waals surface area contributed by atoms with E-state index in [0.717, 1.165) is 28.4 Å². The first-order chi connectivity index (χ1) is 15.9. The van der Waals surface area contributed by atoms with E-state index >= 15 is 0 Å². The minimum absolute atomic E-state index is 0.221. The van der Waals surface area contributed by atoms with Crippen molar-refractivity contribution in [1.29, 1.82) is 0 Å². The lowest BCUT2D eigenvalue weighted by molar-refractivity contribution is 0.407. The molecule has 33 heavy (non-hydrogen) atoms. The van der Waals surface area contributed by atoms with E-state index in [-0.39, 0.29) is 4.90 Å². The molecule has 2 aliphatic rings. The highest BCUT2D eigenvalue weighted by Crippen LogP contribution is 2.38. The van der Waals surface area contributed by atoms with Crippen molar-refractivity contribution in [2.75, 3.05) is 26.2 Å². The average Bonchev–Trinajstić information content (AvgIpc) is 3.14. The van der Waals surface area contributed by atoms with Crippen molar-refractivity contribution in [2.45, 2.75) is 18.2 Å². The Labute approximate surface area is 199 Å². The van der Waals surface area contributed by atoms with E-state index in [1.807, 2.05) is 43.3 Å². The maximum atomic E-state index is 13.2. The van der Waals surface area contributed by atoms with Gasteiger partial charge in [0.1, 0.15) is 17.3 Å². The smallest absolute Gasteiger partial charge is 0.243 e. The fourth-order valence-electron chi connectivity index (χ4n) is 4.20. The number of nitrogens with zero attached hydrogens (tertiary/aromatic N) is 3. The summed E-state index contributed by atoms with van der Waals surface area (Å²) in [4.78, 5) is 7.36. The molecule has 0 saturated carbocycles. The van der Waals surface area contributed by atoms with Gasteiger partial charge in [-0.2, -0.15) is 4.31 Å². The summed E-state index contributed by atoms with van der Waals surface area (Å²) in [7, 11) is -3.63. The molecule has 0 radical (unpaired) electrons. The average molecular weight is 482 g/mol. The number of hydrogen-bond acceptors (Lipinski definition) is 5. The molecule has 5 rings (SSSR count). The van der Waals surface area contributed by atoms with Crippen LogP contribution >= 0.6 is 11.6 Å². The molecule has 3 aromatic carbocycles. The van der Waals surface area contributed by atoms with Gasteiger partial charge < -0.3 is 9.64 Å². The Hall–Kier alpha value is -2.87. The summed E-state index contributed by atoms with van der Waals surface area (Å²) in [6.45, 7) is 4.05. The number of fused-ring (bicyclic) bond motifs is 2. The maximum Gasteiger partial charge on any atom is 0.243 e. The van der Waals surface area contributed by atoms with Gasteiger partial charge in [0.25, 0.3) is 0 Å². The number of ether oxygens (including phenoxy) is 1. The zero-order valence-corrected chi connectivity index (χ0v) is 19.8. The molecule has 6 nitrogen and oxygen atoms in total. The molecular weight excluding hydrogens is 458 g/mol. The van der Waals surface area contributed by atoms with Gasteiger partial charge in [0.2, 0.25) is 10.0 Å². The molecule has 170 valence electrons. The third-order valence-electron chi connectivity index (χ3n) is 5.88. The number of amidine groups is 1. The van der Waals surface area contributed by atoms with Crippen LogP contribution in [0.4, 0.5) is 5.69 Å². The number of hydrogen-bond donors (Lipinski definition) is 0. The molecule has 0 N–H and O–H groups in total. The van der Waals surface area contributed by atoms with Crippen LogP contribution < -0.4 is 4.74 Å². The molecule has 0 aromatic heterocycles. The van der Waals surface area contributed by atoms with Gasteiger partial charge in [-0.3, -0.25) is 0 Å². The largest absolute Gasteiger partial charge is 0.454 e. The molecule has 0 spiro atoms. The highest BCUT2D eigenvalue weighted by atomic mass is 35.5. The van der Waals surface area contributed by atoms with Crippen LogP contribution in [-0.2, 0) is 10.0 Å². The lowest BCUT2D eigenvalue weighted by Gasteiger charge is -2.25. The number of sulfonamides is 1. The third kappa shape index (κ3) is 4.36. The molecule has 3 aromatic rings. The lowest BCUT2D eigenvalue weighted by Crippen LogP contribution is -2.37. The second-order valence-electron chi connectivity index (χ2n) is 8.21. The Morgan fingerprint density at radius 2 is 1.76 bits per heavy atom. The summed E-state index contributed by atoms with van der Waals surface area (Å²) < 4.78 is 34.2.